The van der Waals surface area contributed by atoms with E-state index in [1.165, 1.54) is 41.3 Å². The number of aromatic nitrogens is 3. The summed E-state index contributed by atoms with van der Waals surface area (Å²) in [6.07, 6.45) is 8.93. The van der Waals surface area contributed by atoms with Gasteiger partial charge in [0.2, 0.25) is 0 Å². The highest BCUT2D eigenvalue weighted by molar-refractivity contribution is 5.84. The van der Waals surface area contributed by atoms with Crippen LogP contribution in [0.5, 0.6) is 0 Å². The first-order valence-corrected chi connectivity index (χ1v) is 10.6. The molecule has 5 rings (SSSR count). The number of H-pyrrole nitrogens is 1. The highest BCUT2D eigenvalue weighted by Crippen LogP contribution is 2.29. The number of hydrogen-bond donors (Lipinski definition) is 2. The van der Waals surface area contributed by atoms with Gasteiger partial charge in [0.25, 0.3) is 5.56 Å². The molecule has 5 heteroatoms. The maximum atomic E-state index is 12.5. The fourth-order valence-corrected chi connectivity index (χ4v) is 4.62. The maximum absolute atomic E-state index is 12.5. The van der Waals surface area contributed by atoms with Crippen molar-refractivity contribution in [2.75, 3.05) is 0 Å². The zero-order valence-corrected chi connectivity index (χ0v) is 16.6. The molecule has 2 aliphatic carbocycles. The number of aromatic amines is 1. The predicted molar refractivity (Wildman–Crippen MR) is 112 cm³/mol. The Morgan fingerprint density at radius 1 is 1.07 bits per heavy atom. The first-order chi connectivity index (χ1) is 13.7. The van der Waals surface area contributed by atoms with Crippen LogP contribution in [0.2, 0.25) is 0 Å². The van der Waals surface area contributed by atoms with Crippen molar-refractivity contribution in [3.05, 3.63) is 62.6 Å². The minimum absolute atomic E-state index is 0.0695. The zero-order chi connectivity index (χ0) is 19.1. The number of pyridine rings is 1. The minimum atomic E-state index is 0.0695. The van der Waals surface area contributed by atoms with E-state index in [1.807, 2.05) is 11.7 Å². The van der Waals surface area contributed by atoms with Crippen molar-refractivity contribution in [3.63, 3.8) is 0 Å². The van der Waals surface area contributed by atoms with Gasteiger partial charge < -0.3 is 10.3 Å². The van der Waals surface area contributed by atoms with Crippen LogP contribution in [0.25, 0.3) is 11.0 Å². The number of fused-ring (bicyclic) bond motifs is 3. The number of benzene rings is 1. The van der Waals surface area contributed by atoms with Crippen LogP contribution in [0.4, 0.5) is 0 Å². The molecular weight excluding hydrogens is 348 g/mol. The van der Waals surface area contributed by atoms with Gasteiger partial charge in [-0.2, -0.15) is 5.10 Å². The second-order valence-corrected chi connectivity index (χ2v) is 8.41. The lowest BCUT2D eigenvalue weighted by molar-refractivity contribution is 0.338. The Balaban J connectivity index is 1.42. The van der Waals surface area contributed by atoms with E-state index < -0.39 is 0 Å². The Labute approximate surface area is 165 Å². The van der Waals surface area contributed by atoms with Crippen LogP contribution in [0.15, 0.2) is 29.1 Å². The smallest absolute Gasteiger partial charge is 0.253 e. The molecule has 146 valence electrons. The molecular formula is C23H28N4O. The van der Waals surface area contributed by atoms with Gasteiger partial charge in [-0.3, -0.25) is 9.48 Å². The molecule has 0 saturated heterocycles. The average Bonchev–Trinajstić information content (AvgIpc) is 2.97. The summed E-state index contributed by atoms with van der Waals surface area (Å²) in [6, 6.07) is 9.60. The Kier molecular flexibility index (Phi) is 4.55. The van der Waals surface area contributed by atoms with Crippen molar-refractivity contribution >= 4 is 11.0 Å². The molecule has 0 radical (unpaired) electrons. The Morgan fingerprint density at radius 2 is 1.79 bits per heavy atom. The van der Waals surface area contributed by atoms with E-state index in [4.69, 9.17) is 5.10 Å². The van der Waals surface area contributed by atoms with Gasteiger partial charge in [0.1, 0.15) is 5.65 Å². The van der Waals surface area contributed by atoms with Gasteiger partial charge in [-0.05, 0) is 55.2 Å². The first kappa shape index (κ1) is 17.7. The highest BCUT2D eigenvalue weighted by Gasteiger charge is 2.22. The maximum Gasteiger partial charge on any atom is 0.253 e. The highest BCUT2D eigenvalue weighted by atomic mass is 16.1. The van der Waals surface area contributed by atoms with E-state index in [-0.39, 0.29) is 5.56 Å². The molecule has 1 fully saturated rings. The summed E-state index contributed by atoms with van der Waals surface area (Å²) in [7, 11) is 1.92. The summed E-state index contributed by atoms with van der Waals surface area (Å²) in [5.41, 5.74) is 6.82. The second-order valence-electron chi connectivity index (χ2n) is 8.41. The second kappa shape index (κ2) is 7.21. The number of aryl methyl sites for hydroxylation is 2. The predicted octanol–water partition coefficient (Wildman–Crippen LogP) is 3.37. The van der Waals surface area contributed by atoms with Crippen molar-refractivity contribution in [1.29, 1.82) is 0 Å². The van der Waals surface area contributed by atoms with E-state index in [0.717, 1.165) is 55.6 Å². The molecule has 2 aromatic heterocycles. The fraction of sp³-hybridized carbons (Fsp3) is 0.478. The van der Waals surface area contributed by atoms with E-state index in [2.05, 4.69) is 34.6 Å². The molecule has 5 nitrogen and oxygen atoms in total. The first-order valence-electron chi connectivity index (χ1n) is 10.6. The largest absolute Gasteiger partial charge is 0.310 e. The lowest BCUT2D eigenvalue weighted by atomic mass is 9.89. The minimum Gasteiger partial charge on any atom is -0.310 e. The van der Waals surface area contributed by atoms with Crippen LogP contribution >= 0.6 is 0 Å². The molecule has 1 aromatic carbocycles. The molecule has 0 atom stereocenters. The van der Waals surface area contributed by atoms with E-state index in [1.54, 1.807) is 0 Å². The van der Waals surface area contributed by atoms with Gasteiger partial charge in [-0.1, -0.05) is 30.7 Å². The molecule has 28 heavy (non-hydrogen) atoms. The quantitative estimate of drug-likeness (QED) is 0.718. The molecule has 0 aliphatic heterocycles. The zero-order valence-electron chi connectivity index (χ0n) is 16.6. The fourth-order valence-electron chi connectivity index (χ4n) is 4.62. The third-order valence-electron chi connectivity index (χ3n) is 6.49. The van der Waals surface area contributed by atoms with Crippen molar-refractivity contribution in [2.24, 2.45) is 7.05 Å². The van der Waals surface area contributed by atoms with Crippen LogP contribution in [-0.4, -0.2) is 20.8 Å². The van der Waals surface area contributed by atoms with Crippen LogP contribution in [0, 0.1) is 0 Å². The van der Waals surface area contributed by atoms with Gasteiger partial charge >= 0.3 is 0 Å². The summed E-state index contributed by atoms with van der Waals surface area (Å²) < 4.78 is 1.83. The Bertz CT molecular complexity index is 1060. The number of nitrogens with one attached hydrogen (secondary N) is 2. The molecule has 3 aromatic rings. The summed E-state index contributed by atoms with van der Waals surface area (Å²) in [6.45, 7) is 0.951. The number of hydrogen-bond acceptors (Lipinski definition) is 3. The molecule has 0 amide bonds. The van der Waals surface area contributed by atoms with Gasteiger partial charge in [-0.15, -0.1) is 0 Å². The Hall–Kier alpha value is -2.40. The molecule has 2 heterocycles. The van der Waals surface area contributed by atoms with Gasteiger partial charge in [0.15, 0.2) is 0 Å². The van der Waals surface area contributed by atoms with Crippen molar-refractivity contribution in [3.8, 4) is 0 Å². The van der Waals surface area contributed by atoms with Gasteiger partial charge in [0.05, 0.1) is 5.69 Å². The molecule has 1 saturated carbocycles. The van der Waals surface area contributed by atoms with Crippen LogP contribution in [-0.2, 0) is 32.9 Å². The van der Waals surface area contributed by atoms with Crippen LogP contribution in [0.1, 0.15) is 60.1 Å². The average molecular weight is 377 g/mol. The standard InChI is InChI=1S/C23H28N4O/c1-27-22-21(18-7-2-3-8-19(18)23(28)25-22)20(26-27)13-15-9-11-16(12-10-15)14-24-17-5-4-6-17/h9-12,17,24H,2-8,13-14H2,1H3,(H,25,28). The summed E-state index contributed by atoms with van der Waals surface area (Å²) >= 11 is 0. The lowest BCUT2D eigenvalue weighted by Gasteiger charge is -2.26. The number of rotatable bonds is 5. The molecule has 2 aliphatic rings. The monoisotopic (exact) mass is 376 g/mol. The van der Waals surface area contributed by atoms with Crippen molar-refractivity contribution in [1.82, 2.24) is 20.1 Å². The van der Waals surface area contributed by atoms with Crippen molar-refractivity contribution in [2.45, 2.75) is 64.0 Å². The van der Waals surface area contributed by atoms with Crippen LogP contribution in [0.3, 0.4) is 0 Å². The molecule has 0 spiro atoms. The van der Waals surface area contributed by atoms with E-state index >= 15 is 0 Å². The Morgan fingerprint density at radius 3 is 2.50 bits per heavy atom. The normalized spacial score (nSPS) is 16.9. The molecule has 0 bridgehead atoms. The lowest BCUT2D eigenvalue weighted by Crippen LogP contribution is -2.34. The molecule has 0 unspecified atom stereocenters. The molecule has 2 N–H and O–H groups in total. The summed E-state index contributed by atoms with van der Waals surface area (Å²) in [5, 5.41) is 9.56. The third kappa shape index (κ3) is 3.18. The van der Waals surface area contributed by atoms with Gasteiger partial charge in [-0.25, -0.2) is 0 Å². The topological polar surface area (TPSA) is 62.7 Å². The van der Waals surface area contributed by atoms with Crippen molar-refractivity contribution < 1.29 is 0 Å². The SMILES string of the molecule is Cn1nc(Cc2ccc(CNC3CCC3)cc2)c2c3c(c(=O)[nH]c21)CCCC3. The van der Waals surface area contributed by atoms with Crippen LogP contribution < -0.4 is 10.9 Å². The summed E-state index contributed by atoms with van der Waals surface area (Å²) in [4.78, 5) is 15.5. The summed E-state index contributed by atoms with van der Waals surface area (Å²) in [5.74, 6) is 0. The number of nitrogens with zero attached hydrogens (tertiary/aromatic N) is 2. The third-order valence-corrected chi connectivity index (χ3v) is 6.49. The van der Waals surface area contributed by atoms with E-state index in [9.17, 15) is 4.79 Å². The van der Waals surface area contributed by atoms with E-state index in [0.29, 0.717) is 6.04 Å². The van der Waals surface area contributed by atoms with Gasteiger partial charge in [0, 0.05) is 37.0 Å².